The van der Waals surface area contributed by atoms with E-state index in [1.807, 2.05) is 6.92 Å². The molecular formula is C12H18N4O3S. The molecule has 110 valence electrons. The molecular weight excluding hydrogens is 280 g/mol. The van der Waals surface area contributed by atoms with Gasteiger partial charge in [-0.2, -0.15) is 0 Å². The Morgan fingerprint density at radius 2 is 2.20 bits per heavy atom. The zero-order chi connectivity index (χ0) is 15.1. The highest BCUT2D eigenvalue weighted by Gasteiger charge is 2.17. The van der Waals surface area contributed by atoms with Crippen LogP contribution in [0.15, 0.2) is 16.0 Å². The predicted octanol–water partition coefficient (Wildman–Crippen LogP) is 0.659. The van der Waals surface area contributed by atoms with Crippen LogP contribution in [0, 0.1) is 0 Å². The lowest BCUT2D eigenvalue weighted by molar-refractivity contribution is -0.119. The fourth-order valence-electron chi connectivity index (χ4n) is 1.42. The van der Waals surface area contributed by atoms with Gasteiger partial charge in [0.1, 0.15) is 0 Å². The van der Waals surface area contributed by atoms with Gasteiger partial charge in [-0.3, -0.25) is 14.9 Å². The van der Waals surface area contributed by atoms with E-state index in [1.165, 1.54) is 13.1 Å². The van der Waals surface area contributed by atoms with Gasteiger partial charge in [0.05, 0.1) is 5.25 Å². The van der Waals surface area contributed by atoms with Crippen molar-refractivity contribution in [2.75, 3.05) is 7.05 Å². The van der Waals surface area contributed by atoms with E-state index in [1.54, 1.807) is 6.92 Å². The Balaban J connectivity index is 2.74. The summed E-state index contributed by atoms with van der Waals surface area (Å²) in [6.45, 7) is 3.63. The molecule has 0 aromatic carbocycles. The average Bonchev–Trinajstić information content (AvgIpc) is 2.38. The molecule has 0 aliphatic heterocycles. The third-order valence-corrected chi connectivity index (χ3v) is 3.38. The Bertz CT molecular complexity index is 544. The van der Waals surface area contributed by atoms with Crippen LogP contribution in [0.5, 0.6) is 0 Å². The number of nitrogens with zero attached hydrogens (tertiary/aromatic N) is 1. The number of H-pyrrole nitrogens is 1. The summed E-state index contributed by atoms with van der Waals surface area (Å²) in [6.07, 6.45) is 1.59. The average molecular weight is 298 g/mol. The van der Waals surface area contributed by atoms with Crippen LogP contribution in [0.1, 0.15) is 26.0 Å². The summed E-state index contributed by atoms with van der Waals surface area (Å²) >= 11 is 1.10. The van der Waals surface area contributed by atoms with Crippen molar-refractivity contribution in [3.05, 3.63) is 22.1 Å². The molecule has 1 heterocycles. The number of thioether (sulfide) groups is 1. The minimum atomic E-state index is -0.566. The quantitative estimate of drug-likeness (QED) is 0.547. The second kappa shape index (κ2) is 7.68. The summed E-state index contributed by atoms with van der Waals surface area (Å²) in [5.41, 5.74) is 0.447. The first-order valence-electron chi connectivity index (χ1n) is 6.25. The summed E-state index contributed by atoms with van der Waals surface area (Å²) in [6, 6.07) is 0.881. The van der Waals surface area contributed by atoms with E-state index in [2.05, 4.69) is 20.6 Å². The number of rotatable bonds is 5. The van der Waals surface area contributed by atoms with Crippen molar-refractivity contribution in [2.45, 2.75) is 37.1 Å². The lowest BCUT2D eigenvalue weighted by Crippen LogP contribution is -2.41. The van der Waals surface area contributed by atoms with Gasteiger partial charge >= 0.3 is 6.03 Å². The zero-order valence-electron chi connectivity index (χ0n) is 11.6. The smallest absolute Gasteiger partial charge is 0.321 e. The van der Waals surface area contributed by atoms with Crippen LogP contribution in [-0.4, -0.2) is 34.2 Å². The Labute approximate surface area is 120 Å². The maximum absolute atomic E-state index is 11.7. The Morgan fingerprint density at radius 1 is 1.50 bits per heavy atom. The lowest BCUT2D eigenvalue weighted by atomic mass is 10.2. The molecule has 3 N–H and O–H groups in total. The third kappa shape index (κ3) is 5.04. The molecule has 1 rings (SSSR count). The van der Waals surface area contributed by atoms with Gasteiger partial charge in [0.25, 0.3) is 5.56 Å². The van der Waals surface area contributed by atoms with Crippen LogP contribution in [0.2, 0.25) is 0 Å². The molecule has 1 unspecified atom stereocenters. The predicted molar refractivity (Wildman–Crippen MR) is 76.8 cm³/mol. The highest BCUT2D eigenvalue weighted by molar-refractivity contribution is 8.00. The van der Waals surface area contributed by atoms with Gasteiger partial charge in [0, 0.05) is 18.8 Å². The second-order valence-corrected chi connectivity index (χ2v) is 5.45. The van der Waals surface area contributed by atoms with Gasteiger partial charge in [0.2, 0.25) is 5.91 Å². The van der Waals surface area contributed by atoms with Crippen LogP contribution >= 0.6 is 11.8 Å². The van der Waals surface area contributed by atoms with E-state index in [0.29, 0.717) is 17.3 Å². The molecule has 8 heteroatoms. The highest BCUT2D eigenvalue weighted by atomic mass is 32.2. The normalized spacial score (nSPS) is 11.8. The standard InChI is InChI=1S/C12H18N4O3S/c1-4-5-8-6-9(17)15-12(14-8)20-7(2)10(18)16-11(19)13-3/h6-7H,4-5H2,1-3H3,(H,14,15,17)(H2,13,16,18,19). The summed E-state index contributed by atoms with van der Waals surface area (Å²) in [5, 5.41) is 4.30. The van der Waals surface area contributed by atoms with Crippen molar-refractivity contribution in [1.82, 2.24) is 20.6 Å². The first-order chi connectivity index (χ1) is 9.46. The number of aryl methyl sites for hydroxylation is 1. The molecule has 0 saturated heterocycles. The first-order valence-corrected chi connectivity index (χ1v) is 7.13. The number of imide groups is 1. The fourth-order valence-corrected chi connectivity index (χ4v) is 2.25. The second-order valence-electron chi connectivity index (χ2n) is 4.12. The molecule has 3 amide bonds. The van der Waals surface area contributed by atoms with Crippen LogP contribution in [0.4, 0.5) is 4.79 Å². The van der Waals surface area contributed by atoms with Crippen molar-refractivity contribution in [2.24, 2.45) is 0 Å². The third-order valence-electron chi connectivity index (χ3n) is 2.40. The van der Waals surface area contributed by atoms with Crippen molar-refractivity contribution in [3.8, 4) is 0 Å². The molecule has 1 aromatic heterocycles. The van der Waals surface area contributed by atoms with Crippen LogP contribution < -0.4 is 16.2 Å². The summed E-state index contributed by atoms with van der Waals surface area (Å²) in [5.74, 6) is -0.446. The van der Waals surface area contributed by atoms with Gasteiger partial charge in [0.15, 0.2) is 5.16 Å². The number of hydrogen-bond donors (Lipinski definition) is 3. The monoisotopic (exact) mass is 298 g/mol. The van der Waals surface area contributed by atoms with E-state index in [-0.39, 0.29) is 5.56 Å². The van der Waals surface area contributed by atoms with Crippen molar-refractivity contribution in [3.63, 3.8) is 0 Å². The van der Waals surface area contributed by atoms with E-state index >= 15 is 0 Å². The largest absolute Gasteiger partial charge is 0.341 e. The Hall–Kier alpha value is -1.83. The maximum atomic E-state index is 11.7. The van der Waals surface area contributed by atoms with Crippen LogP contribution in [-0.2, 0) is 11.2 Å². The summed E-state index contributed by atoms with van der Waals surface area (Å²) < 4.78 is 0. The molecule has 0 radical (unpaired) electrons. The number of amides is 3. The molecule has 1 atom stereocenters. The number of carbonyl (C=O) groups excluding carboxylic acids is 2. The van der Waals surface area contributed by atoms with Gasteiger partial charge in [-0.1, -0.05) is 25.1 Å². The number of aromatic nitrogens is 2. The van der Waals surface area contributed by atoms with Crippen molar-refractivity contribution in [1.29, 1.82) is 0 Å². The van der Waals surface area contributed by atoms with Gasteiger partial charge in [-0.25, -0.2) is 9.78 Å². The minimum absolute atomic E-state index is 0.246. The van der Waals surface area contributed by atoms with Crippen molar-refractivity contribution < 1.29 is 9.59 Å². The van der Waals surface area contributed by atoms with E-state index in [0.717, 1.165) is 18.2 Å². The number of urea groups is 1. The van der Waals surface area contributed by atoms with Crippen LogP contribution in [0.25, 0.3) is 0 Å². The number of carbonyl (C=O) groups is 2. The van der Waals surface area contributed by atoms with Crippen LogP contribution in [0.3, 0.4) is 0 Å². The molecule has 0 bridgehead atoms. The van der Waals surface area contributed by atoms with E-state index < -0.39 is 17.2 Å². The molecule has 0 saturated carbocycles. The highest BCUT2D eigenvalue weighted by Crippen LogP contribution is 2.18. The minimum Gasteiger partial charge on any atom is -0.341 e. The Kier molecular flexibility index (Phi) is 6.23. The molecule has 20 heavy (non-hydrogen) atoms. The SMILES string of the molecule is CCCc1cc(=O)[nH]c(SC(C)C(=O)NC(=O)NC)n1. The molecule has 0 fully saturated rings. The topological polar surface area (TPSA) is 104 Å². The maximum Gasteiger partial charge on any atom is 0.321 e. The zero-order valence-corrected chi connectivity index (χ0v) is 12.5. The van der Waals surface area contributed by atoms with Gasteiger partial charge in [-0.15, -0.1) is 0 Å². The number of hydrogen-bond acceptors (Lipinski definition) is 5. The molecule has 1 aromatic rings. The van der Waals surface area contributed by atoms with E-state index in [4.69, 9.17) is 0 Å². The lowest BCUT2D eigenvalue weighted by Gasteiger charge is -2.10. The summed E-state index contributed by atoms with van der Waals surface area (Å²) in [4.78, 5) is 41.1. The number of nitrogens with one attached hydrogen (secondary N) is 3. The molecule has 0 aliphatic rings. The first kappa shape index (κ1) is 16.2. The molecule has 7 nitrogen and oxygen atoms in total. The summed E-state index contributed by atoms with van der Waals surface area (Å²) in [7, 11) is 1.42. The fraction of sp³-hybridized carbons (Fsp3) is 0.500. The van der Waals surface area contributed by atoms with Gasteiger partial charge < -0.3 is 10.3 Å². The van der Waals surface area contributed by atoms with Gasteiger partial charge in [-0.05, 0) is 13.3 Å². The Morgan fingerprint density at radius 3 is 2.80 bits per heavy atom. The van der Waals surface area contributed by atoms with Crippen molar-refractivity contribution >= 4 is 23.7 Å². The van der Waals surface area contributed by atoms with E-state index in [9.17, 15) is 14.4 Å². The molecule has 0 spiro atoms. The number of aromatic amines is 1. The molecule has 0 aliphatic carbocycles.